The minimum Gasteiger partial charge on any atom is -0.368 e. The van der Waals surface area contributed by atoms with Crippen molar-refractivity contribution < 1.29 is 11.0 Å². The number of hydrogen-bond acceptors (Lipinski definition) is 2. The summed E-state index contributed by atoms with van der Waals surface area (Å²) in [6.07, 6.45) is 2.65. The quantitative estimate of drug-likeness (QED) is 0.942. The number of aryl methyl sites for hydroxylation is 1. The second-order valence-corrected chi connectivity index (χ2v) is 5.83. The molecule has 1 atom stereocenters. The summed E-state index contributed by atoms with van der Waals surface area (Å²) < 4.78 is 0. The van der Waals surface area contributed by atoms with Crippen LogP contribution in [0.3, 0.4) is 0 Å². The molecule has 0 aliphatic carbocycles. The summed E-state index contributed by atoms with van der Waals surface area (Å²) in [5, 5.41) is 2.38. The molecular weight excluding hydrogens is 276 g/mol. The van der Waals surface area contributed by atoms with Gasteiger partial charge in [-0.15, -0.1) is 0 Å². The van der Waals surface area contributed by atoms with Crippen LogP contribution in [0.25, 0.3) is 10.8 Å². The van der Waals surface area contributed by atoms with Gasteiger partial charge in [-0.25, -0.2) is 0 Å². The van der Waals surface area contributed by atoms with Gasteiger partial charge >= 0.3 is 0 Å². The maximum Gasteiger partial charge on any atom is 0.240 e. The van der Waals surface area contributed by atoms with Crippen LogP contribution in [0.2, 0.25) is 0 Å². The highest BCUT2D eigenvalue weighted by molar-refractivity contribution is 5.87. The number of primary amides is 1. The highest BCUT2D eigenvalue weighted by Gasteiger charge is 2.32. The second-order valence-electron chi connectivity index (χ2n) is 5.83. The fraction of sp³-hybridized carbons (Fsp3) is 0.333. The molecule has 2 aromatic rings. The molecule has 0 spiro atoms. The van der Waals surface area contributed by atoms with Crippen molar-refractivity contribution in [2.45, 2.75) is 31.7 Å². The number of carbonyl (C=O) groups excluding carboxylic acids is 2. The minimum absolute atomic E-state index is 0. The molecule has 1 saturated heterocycles. The zero-order chi connectivity index (χ0) is 15.5. The van der Waals surface area contributed by atoms with E-state index in [0.717, 1.165) is 12.0 Å². The number of nitrogens with zero attached hydrogens (tertiary/aromatic N) is 1. The van der Waals surface area contributed by atoms with E-state index < -0.39 is 11.9 Å². The first-order valence-electron chi connectivity index (χ1n) is 7.71. The van der Waals surface area contributed by atoms with E-state index in [4.69, 9.17) is 5.73 Å². The maximum atomic E-state index is 12.3. The summed E-state index contributed by atoms with van der Waals surface area (Å²) in [4.78, 5) is 25.3. The summed E-state index contributed by atoms with van der Waals surface area (Å²) in [5.41, 5.74) is 6.50. The Morgan fingerprint density at radius 1 is 1.18 bits per heavy atom. The first kappa shape index (κ1) is 14.6. The third kappa shape index (κ3) is 2.96. The van der Waals surface area contributed by atoms with Crippen LogP contribution < -0.4 is 5.73 Å². The number of carbonyl (C=O) groups is 2. The molecule has 1 heterocycles. The van der Waals surface area contributed by atoms with Crippen molar-refractivity contribution in [3.8, 4) is 0 Å². The summed E-state index contributed by atoms with van der Waals surface area (Å²) in [6, 6.07) is 14.0. The van der Waals surface area contributed by atoms with Gasteiger partial charge in [0, 0.05) is 14.4 Å². The van der Waals surface area contributed by atoms with Gasteiger partial charge in [-0.05, 0) is 35.6 Å². The van der Waals surface area contributed by atoms with Crippen LogP contribution in [0.15, 0.2) is 42.5 Å². The summed E-state index contributed by atoms with van der Waals surface area (Å²) in [7, 11) is 0. The Bertz CT molecular complexity index is 717. The molecule has 3 rings (SSSR count). The number of hydrogen-bond donors (Lipinski definition) is 1. The van der Waals surface area contributed by atoms with E-state index in [-0.39, 0.29) is 7.33 Å². The van der Waals surface area contributed by atoms with Gasteiger partial charge in [0.1, 0.15) is 6.04 Å². The van der Waals surface area contributed by atoms with Gasteiger partial charge < -0.3 is 10.6 Å². The van der Waals surface area contributed by atoms with E-state index in [0.29, 0.717) is 25.8 Å². The molecule has 4 nitrogen and oxygen atoms in total. The van der Waals surface area contributed by atoms with Crippen molar-refractivity contribution in [2.24, 2.45) is 5.73 Å². The first-order valence-corrected chi connectivity index (χ1v) is 7.71. The highest BCUT2D eigenvalue weighted by Crippen LogP contribution is 2.20. The predicted molar refractivity (Wildman–Crippen MR) is 88.3 cm³/mol. The Labute approximate surface area is 131 Å². The van der Waals surface area contributed by atoms with Gasteiger partial charge in [-0.2, -0.15) is 0 Å². The first-order chi connectivity index (χ1) is 10.6. The monoisotopic (exact) mass is 298 g/mol. The van der Waals surface area contributed by atoms with Gasteiger partial charge in [0.05, 0.1) is 0 Å². The maximum absolute atomic E-state index is 12.3. The Kier molecular flexibility index (Phi) is 4.09. The molecule has 0 aromatic heterocycles. The SMILES string of the molecule is NC(=O)[C@@H]1CCCN1C(=O)CCc1ccc2ccccc2c1.[HH]. The number of likely N-dealkylation sites (tertiary alicyclic amines) is 1. The average Bonchev–Trinajstić information content (AvgIpc) is 3.02. The second kappa shape index (κ2) is 6.18. The zero-order valence-corrected chi connectivity index (χ0v) is 12.5. The molecule has 1 fully saturated rings. The standard InChI is InChI=1S/C18H20N2O2.H2/c19-18(22)16-6-3-11-20(16)17(21)10-8-13-7-9-14-4-1-2-5-15(14)12-13;/h1-2,4-5,7,9,12,16H,3,6,8,10-11H2,(H2,19,22);1H/t16-;/m0./s1. The summed E-state index contributed by atoms with van der Waals surface area (Å²) in [6.45, 7) is 0.643. The van der Waals surface area contributed by atoms with Crippen molar-refractivity contribution in [2.75, 3.05) is 6.54 Å². The molecule has 1 aliphatic rings. The Morgan fingerprint density at radius 3 is 2.73 bits per heavy atom. The van der Waals surface area contributed by atoms with Gasteiger partial charge in [0.25, 0.3) is 0 Å². The number of benzene rings is 2. The Balaban J connectivity index is 0.00000192. The van der Waals surface area contributed by atoms with Gasteiger partial charge in [0.15, 0.2) is 0 Å². The topological polar surface area (TPSA) is 63.4 Å². The molecule has 22 heavy (non-hydrogen) atoms. The van der Waals surface area contributed by atoms with E-state index in [2.05, 4.69) is 30.3 Å². The van der Waals surface area contributed by atoms with Crippen LogP contribution in [0.5, 0.6) is 0 Å². The van der Waals surface area contributed by atoms with E-state index >= 15 is 0 Å². The van der Waals surface area contributed by atoms with E-state index in [1.807, 2.05) is 12.1 Å². The Hall–Kier alpha value is -2.36. The van der Waals surface area contributed by atoms with Crippen LogP contribution in [-0.2, 0) is 16.0 Å². The van der Waals surface area contributed by atoms with E-state index in [1.54, 1.807) is 4.90 Å². The molecule has 1 aliphatic heterocycles. The summed E-state index contributed by atoms with van der Waals surface area (Å²) >= 11 is 0. The molecule has 2 N–H and O–H groups in total. The Morgan fingerprint density at radius 2 is 1.95 bits per heavy atom. The average molecular weight is 298 g/mol. The molecule has 2 amide bonds. The smallest absolute Gasteiger partial charge is 0.240 e. The van der Waals surface area contributed by atoms with Gasteiger partial charge in [-0.1, -0.05) is 42.5 Å². The normalized spacial score (nSPS) is 17.8. The van der Waals surface area contributed by atoms with Crippen LogP contribution in [0.1, 0.15) is 26.3 Å². The fourth-order valence-electron chi connectivity index (χ4n) is 3.15. The molecule has 0 saturated carbocycles. The van der Waals surface area contributed by atoms with Gasteiger partial charge in [-0.3, -0.25) is 9.59 Å². The number of rotatable bonds is 4. The lowest BCUT2D eigenvalue weighted by Crippen LogP contribution is -2.43. The van der Waals surface area contributed by atoms with Crippen LogP contribution in [-0.4, -0.2) is 29.3 Å². The minimum atomic E-state index is -0.413. The van der Waals surface area contributed by atoms with Crippen LogP contribution >= 0.6 is 0 Å². The zero-order valence-electron chi connectivity index (χ0n) is 12.5. The van der Waals surface area contributed by atoms with Crippen molar-refractivity contribution in [1.82, 2.24) is 4.90 Å². The molecule has 4 heteroatoms. The third-order valence-electron chi connectivity index (χ3n) is 4.34. The van der Waals surface area contributed by atoms with E-state index in [1.165, 1.54) is 10.8 Å². The predicted octanol–water partition coefficient (Wildman–Crippen LogP) is 2.49. The fourth-order valence-corrected chi connectivity index (χ4v) is 3.15. The van der Waals surface area contributed by atoms with Crippen LogP contribution in [0.4, 0.5) is 0 Å². The number of amides is 2. The van der Waals surface area contributed by atoms with E-state index in [9.17, 15) is 9.59 Å². The summed E-state index contributed by atoms with van der Waals surface area (Å²) in [5.74, 6) is -0.369. The van der Waals surface area contributed by atoms with Crippen molar-refractivity contribution >= 4 is 22.6 Å². The number of fused-ring (bicyclic) bond motifs is 1. The molecule has 2 aromatic carbocycles. The largest absolute Gasteiger partial charge is 0.368 e. The highest BCUT2D eigenvalue weighted by atomic mass is 16.2. The lowest BCUT2D eigenvalue weighted by molar-refractivity contribution is -0.137. The number of nitrogens with two attached hydrogens (primary N) is 1. The lowest BCUT2D eigenvalue weighted by atomic mass is 10.0. The molecule has 0 radical (unpaired) electrons. The molecular formula is C18H22N2O2. The van der Waals surface area contributed by atoms with Crippen molar-refractivity contribution in [3.63, 3.8) is 0 Å². The third-order valence-corrected chi connectivity index (χ3v) is 4.34. The molecule has 0 unspecified atom stereocenters. The van der Waals surface area contributed by atoms with Crippen molar-refractivity contribution in [1.29, 1.82) is 0 Å². The molecule has 116 valence electrons. The molecule has 0 bridgehead atoms. The van der Waals surface area contributed by atoms with Gasteiger partial charge in [0.2, 0.25) is 11.8 Å². The lowest BCUT2D eigenvalue weighted by Gasteiger charge is -2.22. The van der Waals surface area contributed by atoms with Crippen LogP contribution in [0, 0.1) is 0 Å². The van der Waals surface area contributed by atoms with Crippen molar-refractivity contribution in [3.05, 3.63) is 48.0 Å².